The maximum Gasteiger partial charge on any atom is 0.255 e. The number of hydrogen-bond donors (Lipinski definition) is 2. The number of carbonyl (C=O) groups is 1. The van der Waals surface area contributed by atoms with Crippen molar-refractivity contribution >= 4 is 5.91 Å². The molecule has 1 fully saturated rings. The average Bonchev–Trinajstić information content (AvgIpc) is 2.37. The molecule has 1 aromatic carbocycles. The smallest absolute Gasteiger partial charge is 0.255 e. The molecule has 3 nitrogen and oxygen atoms in total. The van der Waals surface area contributed by atoms with Gasteiger partial charge >= 0.3 is 0 Å². The van der Waals surface area contributed by atoms with Crippen molar-refractivity contribution in [3.8, 4) is 5.75 Å². The van der Waals surface area contributed by atoms with E-state index in [-0.39, 0.29) is 17.2 Å². The number of aromatic hydroxyl groups is 1. The average molecular weight is 265 g/mol. The molecule has 0 aromatic heterocycles. The van der Waals surface area contributed by atoms with Gasteiger partial charge < -0.3 is 10.4 Å². The molecule has 1 aliphatic carbocycles. The lowest BCUT2D eigenvalue weighted by Gasteiger charge is -2.28. The molecule has 2 N–H and O–H groups in total. The van der Waals surface area contributed by atoms with Gasteiger partial charge in [-0.05, 0) is 30.4 Å². The van der Waals surface area contributed by atoms with Gasteiger partial charge in [-0.3, -0.25) is 4.79 Å². The van der Waals surface area contributed by atoms with Crippen molar-refractivity contribution in [2.24, 2.45) is 11.8 Å². The number of amides is 1. The fourth-order valence-corrected chi connectivity index (χ4v) is 2.71. The molecule has 1 amide bonds. The van der Waals surface area contributed by atoms with Crippen LogP contribution in [0.15, 0.2) is 18.2 Å². The first-order chi connectivity index (χ1) is 9.08. The lowest BCUT2D eigenvalue weighted by Crippen LogP contribution is -2.33. The minimum Gasteiger partial charge on any atom is -0.507 e. The molecule has 0 aliphatic heterocycles. The molecule has 1 aliphatic rings. The minimum absolute atomic E-state index is 0.130. The minimum atomic E-state index is -0.546. The molecule has 2 unspecified atom stereocenters. The quantitative estimate of drug-likeness (QED) is 0.882. The van der Waals surface area contributed by atoms with E-state index in [9.17, 15) is 14.3 Å². The Morgan fingerprint density at radius 2 is 2.16 bits per heavy atom. The third-order valence-electron chi connectivity index (χ3n) is 4.02. The van der Waals surface area contributed by atoms with Gasteiger partial charge in [0, 0.05) is 12.6 Å². The van der Waals surface area contributed by atoms with E-state index in [2.05, 4.69) is 12.2 Å². The van der Waals surface area contributed by atoms with Crippen LogP contribution in [0, 0.1) is 17.7 Å². The molecule has 104 valence electrons. The summed E-state index contributed by atoms with van der Waals surface area (Å²) in [5.41, 5.74) is 0.130. The van der Waals surface area contributed by atoms with E-state index in [1.165, 1.54) is 31.4 Å². The molecule has 2 rings (SSSR count). The highest BCUT2D eigenvalue weighted by atomic mass is 19.1. The normalized spacial score (nSPS) is 23.1. The molecule has 0 spiro atoms. The Morgan fingerprint density at radius 1 is 1.42 bits per heavy atom. The van der Waals surface area contributed by atoms with E-state index in [0.29, 0.717) is 18.4 Å². The number of carbonyl (C=O) groups excluding carboxylic acids is 1. The first-order valence-electron chi connectivity index (χ1n) is 6.84. The fourth-order valence-electron chi connectivity index (χ4n) is 2.71. The van der Waals surface area contributed by atoms with Crippen LogP contribution in [0.1, 0.15) is 43.0 Å². The van der Waals surface area contributed by atoms with Crippen molar-refractivity contribution < 1.29 is 14.3 Å². The Hall–Kier alpha value is -1.58. The summed E-state index contributed by atoms with van der Waals surface area (Å²) in [6.07, 6.45) is 4.83. The number of rotatable bonds is 3. The Kier molecular flexibility index (Phi) is 4.40. The predicted octanol–water partition coefficient (Wildman–Crippen LogP) is 3.09. The molecule has 0 bridgehead atoms. The molecular formula is C15H20FNO2. The van der Waals surface area contributed by atoms with Crippen LogP contribution in [0.5, 0.6) is 5.75 Å². The van der Waals surface area contributed by atoms with Crippen molar-refractivity contribution in [2.75, 3.05) is 6.54 Å². The molecule has 4 heteroatoms. The molecule has 0 heterocycles. The lowest BCUT2D eigenvalue weighted by atomic mass is 9.80. The van der Waals surface area contributed by atoms with Gasteiger partial charge in [-0.1, -0.05) is 26.2 Å². The number of benzene rings is 1. The van der Waals surface area contributed by atoms with Gasteiger partial charge in [-0.2, -0.15) is 0 Å². The van der Waals surface area contributed by atoms with Crippen LogP contribution < -0.4 is 5.32 Å². The van der Waals surface area contributed by atoms with E-state index in [1.54, 1.807) is 0 Å². The zero-order valence-corrected chi connectivity index (χ0v) is 11.2. The zero-order valence-electron chi connectivity index (χ0n) is 11.2. The molecule has 1 saturated carbocycles. The van der Waals surface area contributed by atoms with Gasteiger partial charge in [0.2, 0.25) is 0 Å². The Labute approximate surface area is 112 Å². The Balaban J connectivity index is 1.93. The second-order valence-electron chi connectivity index (χ2n) is 5.39. The van der Waals surface area contributed by atoms with Gasteiger partial charge in [-0.25, -0.2) is 4.39 Å². The van der Waals surface area contributed by atoms with E-state index < -0.39 is 5.82 Å². The molecular weight excluding hydrogens is 245 g/mol. The number of hydrogen-bond acceptors (Lipinski definition) is 2. The topological polar surface area (TPSA) is 49.3 Å². The standard InChI is InChI=1S/C15H20FNO2/c1-10-4-2-3-5-11(10)9-17-15(19)13-7-6-12(16)8-14(13)18/h6-8,10-11,18H,2-5,9H2,1H3,(H,17,19). The van der Waals surface area contributed by atoms with Crippen molar-refractivity contribution in [3.05, 3.63) is 29.6 Å². The first kappa shape index (κ1) is 13.8. The first-order valence-corrected chi connectivity index (χ1v) is 6.84. The van der Waals surface area contributed by atoms with E-state index in [4.69, 9.17) is 0 Å². The van der Waals surface area contributed by atoms with Gasteiger partial charge in [0.05, 0.1) is 5.56 Å². The van der Waals surface area contributed by atoms with Gasteiger partial charge in [0.15, 0.2) is 0 Å². The maximum absolute atomic E-state index is 12.8. The lowest BCUT2D eigenvalue weighted by molar-refractivity contribution is 0.0933. The van der Waals surface area contributed by atoms with Gasteiger partial charge in [0.1, 0.15) is 11.6 Å². The molecule has 1 aromatic rings. The van der Waals surface area contributed by atoms with Gasteiger partial charge in [-0.15, -0.1) is 0 Å². The largest absolute Gasteiger partial charge is 0.507 e. The molecule has 2 atom stereocenters. The van der Waals surface area contributed by atoms with E-state index in [1.807, 2.05) is 0 Å². The second kappa shape index (κ2) is 6.04. The van der Waals surface area contributed by atoms with Crippen molar-refractivity contribution in [3.63, 3.8) is 0 Å². The van der Waals surface area contributed by atoms with Crippen molar-refractivity contribution in [1.29, 1.82) is 0 Å². The number of nitrogens with one attached hydrogen (secondary N) is 1. The molecule has 0 saturated heterocycles. The summed E-state index contributed by atoms with van der Waals surface area (Å²) in [5.74, 6) is -0.0735. The Morgan fingerprint density at radius 3 is 2.84 bits per heavy atom. The third-order valence-corrected chi connectivity index (χ3v) is 4.02. The maximum atomic E-state index is 12.8. The van der Waals surface area contributed by atoms with Crippen LogP contribution in [0.3, 0.4) is 0 Å². The number of phenolic OH excluding ortho intramolecular Hbond substituents is 1. The van der Waals surface area contributed by atoms with E-state index in [0.717, 1.165) is 12.5 Å². The van der Waals surface area contributed by atoms with Crippen molar-refractivity contribution in [2.45, 2.75) is 32.6 Å². The SMILES string of the molecule is CC1CCCCC1CNC(=O)c1ccc(F)cc1O. The van der Waals surface area contributed by atoms with E-state index >= 15 is 0 Å². The molecule has 19 heavy (non-hydrogen) atoms. The van der Waals surface area contributed by atoms with Gasteiger partial charge in [0.25, 0.3) is 5.91 Å². The van der Waals surface area contributed by atoms with Crippen LogP contribution in [0.25, 0.3) is 0 Å². The highest BCUT2D eigenvalue weighted by Crippen LogP contribution is 2.29. The fraction of sp³-hybridized carbons (Fsp3) is 0.533. The monoisotopic (exact) mass is 265 g/mol. The summed E-state index contributed by atoms with van der Waals surface area (Å²) in [6.45, 7) is 2.84. The summed E-state index contributed by atoms with van der Waals surface area (Å²) < 4.78 is 12.8. The third kappa shape index (κ3) is 3.46. The summed E-state index contributed by atoms with van der Waals surface area (Å²) in [6, 6.07) is 3.44. The number of halogens is 1. The zero-order chi connectivity index (χ0) is 13.8. The molecule has 0 radical (unpaired) electrons. The summed E-state index contributed by atoms with van der Waals surface area (Å²) >= 11 is 0. The second-order valence-corrected chi connectivity index (χ2v) is 5.39. The van der Waals surface area contributed by atoms with Crippen LogP contribution in [0.4, 0.5) is 4.39 Å². The summed E-state index contributed by atoms with van der Waals surface area (Å²) in [4.78, 5) is 11.9. The van der Waals surface area contributed by atoms with Crippen LogP contribution in [-0.2, 0) is 0 Å². The summed E-state index contributed by atoms with van der Waals surface area (Å²) in [7, 11) is 0. The van der Waals surface area contributed by atoms with Crippen LogP contribution >= 0.6 is 0 Å². The van der Waals surface area contributed by atoms with Crippen LogP contribution in [0.2, 0.25) is 0 Å². The Bertz CT molecular complexity index is 461. The summed E-state index contributed by atoms with van der Waals surface area (Å²) in [5, 5.41) is 12.4. The van der Waals surface area contributed by atoms with Crippen molar-refractivity contribution in [1.82, 2.24) is 5.32 Å². The predicted molar refractivity (Wildman–Crippen MR) is 71.5 cm³/mol. The number of phenols is 1. The highest BCUT2D eigenvalue weighted by Gasteiger charge is 2.22. The highest BCUT2D eigenvalue weighted by molar-refractivity contribution is 5.96. The van der Waals surface area contributed by atoms with Crippen LogP contribution in [-0.4, -0.2) is 17.6 Å².